The predicted octanol–water partition coefficient (Wildman–Crippen LogP) is 4.06. The summed E-state index contributed by atoms with van der Waals surface area (Å²) >= 11 is 1.20. The highest BCUT2D eigenvalue weighted by Gasteiger charge is 2.23. The normalized spacial score (nSPS) is 11.8. The van der Waals surface area contributed by atoms with E-state index in [1.807, 2.05) is 11.5 Å². The molecule has 0 bridgehead atoms. The van der Waals surface area contributed by atoms with Crippen molar-refractivity contribution in [1.82, 2.24) is 14.8 Å². The molecule has 10 heteroatoms. The molecule has 0 aliphatic heterocycles. The van der Waals surface area contributed by atoms with Gasteiger partial charge in [0.15, 0.2) is 11.0 Å². The van der Waals surface area contributed by atoms with E-state index in [4.69, 9.17) is 4.42 Å². The van der Waals surface area contributed by atoms with Gasteiger partial charge < -0.3 is 9.73 Å². The van der Waals surface area contributed by atoms with Crippen LogP contribution in [0.2, 0.25) is 0 Å². The Labute approximate surface area is 171 Å². The number of rotatable bonds is 8. The molecule has 1 unspecified atom stereocenters. The fourth-order valence-electron chi connectivity index (χ4n) is 2.67. The van der Waals surface area contributed by atoms with Crippen LogP contribution in [-0.2, 0) is 11.3 Å². The van der Waals surface area contributed by atoms with E-state index in [0.717, 1.165) is 5.56 Å². The Morgan fingerprint density at radius 3 is 2.83 bits per heavy atom. The molecule has 150 valence electrons. The van der Waals surface area contributed by atoms with Crippen LogP contribution in [0.3, 0.4) is 0 Å². The Bertz CT molecular complexity index is 1060. The third-order valence-corrected chi connectivity index (χ3v) is 5.22. The van der Waals surface area contributed by atoms with E-state index in [1.54, 1.807) is 37.5 Å². The fourth-order valence-corrected chi connectivity index (χ4v) is 3.53. The van der Waals surface area contributed by atoms with Crippen LogP contribution in [0.15, 0.2) is 58.8 Å². The topological polar surface area (TPSA) is 116 Å². The highest BCUT2D eigenvalue weighted by molar-refractivity contribution is 8.00. The molecule has 9 nitrogen and oxygen atoms in total. The number of nitro benzene ring substituents is 1. The summed E-state index contributed by atoms with van der Waals surface area (Å²) in [5.41, 5.74) is 0.797. The van der Waals surface area contributed by atoms with Crippen LogP contribution < -0.4 is 5.32 Å². The van der Waals surface area contributed by atoms with E-state index in [2.05, 4.69) is 22.1 Å². The number of furan rings is 1. The quantitative estimate of drug-likeness (QED) is 0.256. The van der Waals surface area contributed by atoms with Crippen LogP contribution in [0, 0.1) is 17.0 Å². The second-order valence-corrected chi connectivity index (χ2v) is 7.43. The summed E-state index contributed by atoms with van der Waals surface area (Å²) in [6.45, 7) is 7.75. The van der Waals surface area contributed by atoms with Gasteiger partial charge in [0.1, 0.15) is 11.4 Å². The van der Waals surface area contributed by atoms with Gasteiger partial charge in [-0.2, -0.15) is 0 Å². The second-order valence-electron chi connectivity index (χ2n) is 6.12. The highest BCUT2D eigenvalue weighted by atomic mass is 32.2. The summed E-state index contributed by atoms with van der Waals surface area (Å²) in [5, 5.41) is 22.2. The maximum Gasteiger partial charge on any atom is 0.292 e. The SMILES string of the molecule is C=CCn1c(SC(C)C(=O)Nc2ccccc2[N+](=O)[O-])nnc1-c1ccoc1C. The maximum atomic E-state index is 12.6. The zero-order chi connectivity index (χ0) is 21.0. The van der Waals surface area contributed by atoms with Gasteiger partial charge in [0.2, 0.25) is 5.91 Å². The first-order valence-corrected chi connectivity index (χ1v) is 9.59. The Morgan fingerprint density at radius 1 is 1.41 bits per heavy atom. The zero-order valence-electron chi connectivity index (χ0n) is 15.9. The molecule has 29 heavy (non-hydrogen) atoms. The number of para-hydroxylation sites is 2. The molecule has 0 saturated heterocycles. The fraction of sp³-hybridized carbons (Fsp3) is 0.211. The molecule has 3 rings (SSSR count). The zero-order valence-corrected chi connectivity index (χ0v) is 16.7. The second kappa shape index (κ2) is 8.74. The molecule has 1 aromatic carbocycles. The smallest absolute Gasteiger partial charge is 0.292 e. The number of carbonyl (C=O) groups excluding carboxylic acids is 1. The number of nitrogens with one attached hydrogen (secondary N) is 1. The molecule has 0 aliphatic rings. The molecular weight excluding hydrogens is 394 g/mol. The molecule has 1 amide bonds. The van der Waals surface area contributed by atoms with Crippen molar-refractivity contribution in [2.75, 3.05) is 5.32 Å². The number of benzene rings is 1. The minimum Gasteiger partial charge on any atom is -0.469 e. The minimum absolute atomic E-state index is 0.150. The molecule has 0 fully saturated rings. The van der Waals surface area contributed by atoms with Crippen molar-refractivity contribution >= 4 is 29.0 Å². The van der Waals surface area contributed by atoms with Crippen LogP contribution >= 0.6 is 11.8 Å². The lowest BCUT2D eigenvalue weighted by Crippen LogP contribution is -2.23. The summed E-state index contributed by atoms with van der Waals surface area (Å²) in [7, 11) is 0. The van der Waals surface area contributed by atoms with Crippen molar-refractivity contribution in [3.63, 3.8) is 0 Å². The number of nitro groups is 1. The molecule has 0 radical (unpaired) electrons. The van der Waals surface area contributed by atoms with Crippen molar-refractivity contribution in [3.8, 4) is 11.4 Å². The Hall–Kier alpha value is -3.40. The van der Waals surface area contributed by atoms with Gasteiger partial charge >= 0.3 is 0 Å². The molecular formula is C19H19N5O4S. The lowest BCUT2D eigenvalue weighted by atomic mass is 10.2. The number of nitrogens with zero attached hydrogens (tertiary/aromatic N) is 4. The highest BCUT2D eigenvalue weighted by Crippen LogP contribution is 2.30. The Morgan fingerprint density at radius 2 is 2.17 bits per heavy atom. The van der Waals surface area contributed by atoms with Gasteiger partial charge in [-0.05, 0) is 26.0 Å². The molecule has 2 heterocycles. The summed E-state index contributed by atoms with van der Waals surface area (Å²) in [5.74, 6) is 0.949. The minimum atomic E-state index is -0.569. The molecule has 1 N–H and O–H groups in total. The van der Waals surface area contributed by atoms with Crippen molar-refractivity contribution in [3.05, 3.63) is 65.1 Å². The van der Waals surface area contributed by atoms with Crippen molar-refractivity contribution in [2.24, 2.45) is 0 Å². The van der Waals surface area contributed by atoms with E-state index < -0.39 is 10.2 Å². The van der Waals surface area contributed by atoms with E-state index >= 15 is 0 Å². The summed E-state index contributed by atoms with van der Waals surface area (Å²) in [6, 6.07) is 7.81. The van der Waals surface area contributed by atoms with Gasteiger partial charge in [-0.3, -0.25) is 19.5 Å². The van der Waals surface area contributed by atoms with E-state index in [1.165, 1.54) is 23.9 Å². The standard InChI is InChI=1S/C19H19N5O4S/c1-4-10-23-17(14-9-11-28-12(14)2)21-22-19(23)29-13(3)18(25)20-15-7-5-6-8-16(15)24(26)27/h4-9,11,13H,1,10H2,2-3H3,(H,20,25). The van der Waals surface area contributed by atoms with Gasteiger partial charge in [-0.15, -0.1) is 16.8 Å². The van der Waals surface area contributed by atoms with Crippen LogP contribution in [0.1, 0.15) is 12.7 Å². The van der Waals surface area contributed by atoms with Crippen molar-refractivity contribution < 1.29 is 14.1 Å². The monoisotopic (exact) mass is 413 g/mol. The lowest BCUT2D eigenvalue weighted by Gasteiger charge is -2.13. The molecule has 0 saturated carbocycles. The Balaban J connectivity index is 1.80. The van der Waals surface area contributed by atoms with E-state index in [-0.39, 0.29) is 17.3 Å². The molecule has 3 aromatic rings. The van der Waals surface area contributed by atoms with Crippen molar-refractivity contribution in [1.29, 1.82) is 0 Å². The number of thioether (sulfide) groups is 1. The average molecular weight is 413 g/mol. The molecule has 2 aromatic heterocycles. The number of allylic oxidation sites excluding steroid dienone is 1. The maximum absolute atomic E-state index is 12.6. The lowest BCUT2D eigenvalue weighted by molar-refractivity contribution is -0.383. The first-order chi connectivity index (χ1) is 13.9. The number of anilines is 1. The number of aryl methyl sites for hydroxylation is 1. The predicted molar refractivity (Wildman–Crippen MR) is 110 cm³/mol. The number of amides is 1. The van der Waals surface area contributed by atoms with Crippen LogP contribution in [0.4, 0.5) is 11.4 Å². The largest absolute Gasteiger partial charge is 0.469 e. The summed E-state index contributed by atoms with van der Waals surface area (Å²) in [4.78, 5) is 23.2. The Kier molecular flexibility index (Phi) is 6.13. The molecule has 1 atom stereocenters. The molecule has 0 spiro atoms. The van der Waals surface area contributed by atoms with Gasteiger partial charge in [0.05, 0.1) is 22.0 Å². The third kappa shape index (κ3) is 4.37. The first-order valence-electron chi connectivity index (χ1n) is 8.72. The van der Waals surface area contributed by atoms with E-state index in [0.29, 0.717) is 23.3 Å². The van der Waals surface area contributed by atoms with E-state index in [9.17, 15) is 14.9 Å². The first kappa shape index (κ1) is 20.3. The van der Waals surface area contributed by atoms with Crippen LogP contribution in [-0.4, -0.2) is 30.8 Å². The number of hydrogen-bond donors (Lipinski definition) is 1. The van der Waals surface area contributed by atoms with Crippen LogP contribution in [0.25, 0.3) is 11.4 Å². The van der Waals surface area contributed by atoms with Gasteiger partial charge in [0.25, 0.3) is 5.69 Å². The van der Waals surface area contributed by atoms with Crippen LogP contribution in [0.5, 0.6) is 0 Å². The third-order valence-electron chi connectivity index (χ3n) is 4.14. The van der Waals surface area contributed by atoms with Gasteiger partial charge in [-0.1, -0.05) is 30.0 Å². The summed E-state index contributed by atoms with van der Waals surface area (Å²) in [6.07, 6.45) is 3.29. The van der Waals surface area contributed by atoms with Crippen molar-refractivity contribution in [2.45, 2.75) is 30.8 Å². The number of hydrogen-bond acceptors (Lipinski definition) is 7. The number of carbonyl (C=O) groups is 1. The summed E-state index contributed by atoms with van der Waals surface area (Å²) < 4.78 is 7.18. The van der Waals surface area contributed by atoms with Gasteiger partial charge in [-0.25, -0.2) is 0 Å². The van der Waals surface area contributed by atoms with Gasteiger partial charge in [0, 0.05) is 12.6 Å². The average Bonchev–Trinajstić information content (AvgIpc) is 3.28. The number of aromatic nitrogens is 3. The molecule has 0 aliphatic carbocycles.